The normalized spacial score (nSPS) is 47.4. The third-order valence-corrected chi connectivity index (χ3v) is 7.94. The first-order chi connectivity index (χ1) is 13.4. The molecular formula is C23H40O5. The summed E-state index contributed by atoms with van der Waals surface area (Å²) in [5.41, 5.74) is 0. The van der Waals surface area contributed by atoms with Crippen LogP contribution in [0.1, 0.15) is 78.6 Å². The highest BCUT2D eigenvalue weighted by atomic mass is 16.8. The maximum Gasteiger partial charge on any atom is 0.167 e. The van der Waals surface area contributed by atoms with E-state index in [1.807, 2.05) is 0 Å². The Hall–Kier alpha value is -0.200. The van der Waals surface area contributed by atoms with Gasteiger partial charge in [0.15, 0.2) is 18.4 Å². The fourth-order valence-electron chi connectivity index (χ4n) is 6.25. The van der Waals surface area contributed by atoms with E-state index in [1.54, 1.807) is 6.92 Å². The van der Waals surface area contributed by atoms with Gasteiger partial charge < -0.3 is 24.1 Å². The van der Waals surface area contributed by atoms with Crippen LogP contribution in [-0.2, 0) is 18.9 Å². The van der Waals surface area contributed by atoms with Gasteiger partial charge in [0.1, 0.15) is 0 Å². The van der Waals surface area contributed by atoms with Gasteiger partial charge in [-0.2, -0.15) is 0 Å². The van der Waals surface area contributed by atoms with Crippen LogP contribution in [0.4, 0.5) is 0 Å². The highest BCUT2D eigenvalue weighted by Crippen LogP contribution is 2.53. The van der Waals surface area contributed by atoms with E-state index < -0.39 is 5.79 Å². The summed E-state index contributed by atoms with van der Waals surface area (Å²) in [7, 11) is 0. The molecule has 5 unspecified atom stereocenters. The van der Waals surface area contributed by atoms with Gasteiger partial charge in [-0.15, -0.1) is 0 Å². The Kier molecular flexibility index (Phi) is 6.68. The average Bonchev–Trinajstić information content (AvgIpc) is 2.81. The fourth-order valence-corrected chi connectivity index (χ4v) is 6.25. The molecule has 4 rings (SSSR count). The van der Waals surface area contributed by atoms with Crippen molar-refractivity contribution in [3.63, 3.8) is 0 Å². The molecule has 0 radical (unpaired) electrons. The van der Waals surface area contributed by atoms with Crippen molar-refractivity contribution >= 4 is 0 Å². The number of hydrogen-bond acceptors (Lipinski definition) is 5. The van der Waals surface area contributed by atoms with Crippen molar-refractivity contribution in [3.05, 3.63) is 0 Å². The molecular weight excluding hydrogens is 356 g/mol. The Morgan fingerprint density at radius 2 is 1.68 bits per heavy atom. The monoisotopic (exact) mass is 396 g/mol. The molecule has 0 aromatic heterocycles. The zero-order valence-corrected chi connectivity index (χ0v) is 18.0. The summed E-state index contributed by atoms with van der Waals surface area (Å²) in [6, 6.07) is 0. The van der Waals surface area contributed by atoms with E-state index in [1.165, 1.54) is 44.9 Å². The molecule has 0 amide bonds. The van der Waals surface area contributed by atoms with E-state index in [0.717, 1.165) is 6.42 Å². The molecule has 1 N–H and O–H groups in total. The van der Waals surface area contributed by atoms with E-state index in [4.69, 9.17) is 18.9 Å². The minimum absolute atomic E-state index is 0.274. The van der Waals surface area contributed by atoms with Crippen LogP contribution in [0.3, 0.4) is 0 Å². The Balaban J connectivity index is 1.36. The molecule has 8 atom stereocenters. The topological polar surface area (TPSA) is 57.2 Å². The SMILES string of the molecule is C[C@H]1C(OCCOC2CCCCC2)O[C@@H]2OC(C)(O)CCC3C2C1CC[C@H]3C. The maximum absolute atomic E-state index is 10.6. The second-order valence-corrected chi connectivity index (χ2v) is 10.0. The third-order valence-electron chi connectivity index (χ3n) is 7.94. The molecule has 28 heavy (non-hydrogen) atoms. The van der Waals surface area contributed by atoms with Gasteiger partial charge in [0.25, 0.3) is 0 Å². The minimum atomic E-state index is -1.11. The standard InChI is InChI=1S/C23H40O5/c1-15-9-10-19-16(2)21(26-14-13-25-17-7-5-4-6-8-17)27-22-20(19)18(15)11-12-23(3,24)28-22/h15-22,24H,4-14H2,1-3H3/t15-,16-,18?,19?,20?,21?,22-,23?/m1/s1. The van der Waals surface area contributed by atoms with Crippen molar-refractivity contribution in [1.29, 1.82) is 0 Å². The molecule has 0 bridgehead atoms. The first-order valence-electron chi connectivity index (χ1n) is 11.7. The van der Waals surface area contributed by atoms with Crippen LogP contribution >= 0.6 is 0 Å². The lowest BCUT2D eigenvalue weighted by molar-refractivity contribution is -0.370. The van der Waals surface area contributed by atoms with Gasteiger partial charge in [-0.25, -0.2) is 0 Å². The lowest BCUT2D eigenvalue weighted by Gasteiger charge is -2.52. The highest BCUT2D eigenvalue weighted by Gasteiger charge is 2.54. The Morgan fingerprint density at radius 1 is 0.929 bits per heavy atom. The summed E-state index contributed by atoms with van der Waals surface area (Å²) in [5.74, 6) is 1.37. The Morgan fingerprint density at radius 3 is 2.46 bits per heavy atom. The molecule has 0 aromatic rings. The van der Waals surface area contributed by atoms with E-state index >= 15 is 0 Å². The second-order valence-electron chi connectivity index (χ2n) is 10.0. The molecule has 4 fully saturated rings. The van der Waals surface area contributed by atoms with Gasteiger partial charge in [-0.1, -0.05) is 39.5 Å². The van der Waals surface area contributed by atoms with Gasteiger partial charge in [-0.3, -0.25) is 0 Å². The predicted octanol–water partition coefficient (Wildman–Crippen LogP) is 4.47. The number of rotatable bonds is 5. The largest absolute Gasteiger partial charge is 0.376 e. The van der Waals surface area contributed by atoms with Crippen molar-refractivity contribution in [2.24, 2.45) is 29.6 Å². The minimum Gasteiger partial charge on any atom is -0.376 e. The molecule has 162 valence electrons. The first kappa shape index (κ1) is 21.0. The van der Waals surface area contributed by atoms with Gasteiger partial charge in [0, 0.05) is 18.3 Å². The molecule has 0 spiro atoms. The van der Waals surface area contributed by atoms with Crippen molar-refractivity contribution in [1.82, 2.24) is 0 Å². The number of hydrogen-bond donors (Lipinski definition) is 1. The van der Waals surface area contributed by atoms with Crippen molar-refractivity contribution < 1.29 is 24.1 Å². The van der Waals surface area contributed by atoms with Gasteiger partial charge in [-0.05, 0) is 50.4 Å². The first-order valence-corrected chi connectivity index (χ1v) is 11.7. The second kappa shape index (κ2) is 8.89. The molecule has 2 aliphatic heterocycles. The fraction of sp³-hybridized carbons (Fsp3) is 1.00. The quantitative estimate of drug-likeness (QED) is 0.695. The summed E-state index contributed by atoms with van der Waals surface area (Å²) < 4.78 is 24.6. The molecule has 5 nitrogen and oxygen atoms in total. The van der Waals surface area contributed by atoms with Crippen molar-refractivity contribution in [2.45, 2.75) is 103 Å². The van der Waals surface area contributed by atoms with Crippen molar-refractivity contribution in [3.8, 4) is 0 Å². The third kappa shape index (κ3) is 4.59. The van der Waals surface area contributed by atoms with Gasteiger partial charge >= 0.3 is 0 Å². The van der Waals surface area contributed by atoms with Crippen LogP contribution in [0.5, 0.6) is 0 Å². The number of aliphatic hydroxyl groups is 1. The van der Waals surface area contributed by atoms with E-state index in [2.05, 4.69) is 13.8 Å². The molecule has 2 saturated heterocycles. The summed E-state index contributed by atoms with van der Waals surface area (Å²) in [4.78, 5) is 0. The average molecular weight is 397 g/mol. The predicted molar refractivity (Wildman–Crippen MR) is 106 cm³/mol. The molecule has 4 aliphatic rings. The Labute approximate surface area is 170 Å². The molecule has 2 aliphatic carbocycles. The molecule has 2 saturated carbocycles. The zero-order valence-electron chi connectivity index (χ0n) is 18.0. The van der Waals surface area contributed by atoms with Crippen LogP contribution in [0.25, 0.3) is 0 Å². The van der Waals surface area contributed by atoms with Crippen LogP contribution in [0.2, 0.25) is 0 Å². The smallest absolute Gasteiger partial charge is 0.167 e. The maximum atomic E-state index is 10.6. The van der Waals surface area contributed by atoms with E-state index in [9.17, 15) is 5.11 Å². The molecule has 2 heterocycles. The lowest BCUT2D eigenvalue weighted by Crippen LogP contribution is -2.54. The molecule has 0 aromatic carbocycles. The van der Waals surface area contributed by atoms with Gasteiger partial charge in [0.2, 0.25) is 0 Å². The summed E-state index contributed by atoms with van der Waals surface area (Å²) in [6.45, 7) is 7.59. The lowest BCUT2D eigenvalue weighted by atomic mass is 9.61. The summed E-state index contributed by atoms with van der Waals surface area (Å²) >= 11 is 0. The van der Waals surface area contributed by atoms with E-state index in [-0.39, 0.29) is 12.6 Å². The Bertz CT molecular complexity index is 503. The van der Waals surface area contributed by atoms with Crippen LogP contribution in [0, 0.1) is 29.6 Å². The van der Waals surface area contributed by atoms with Crippen LogP contribution < -0.4 is 0 Å². The molecule has 5 heteroatoms. The summed E-state index contributed by atoms with van der Waals surface area (Å²) in [5, 5.41) is 10.6. The van der Waals surface area contributed by atoms with Crippen molar-refractivity contribution in [2.75, 3.05) is 13.2 Å². The number of ether oxygens (including phenoxy) is 4. The highest BCUT2D eigenvalue weighted by molar-refractivity contribution is 4.95. The summed E-state index contributed by atoms with van der Waals surface area (Å²) in [6.07, 6.45) is 10.2. The van der Waals surface area contributed by atoms with Crippen LogP contribution in [-0.4, -0.2) is 42.8 Å². The zero-order chi connectivity index (χ0) is 19.7. The van der Waals surface area contributed by atoms with Gasteiger partial charge in [0.05, 0.1) is 19.3 Å². The van der Waals surface area contributed by atoms with Crippen LogP contribution in [0.15, 0.2) is 0 Å². The van der Waals surface area contributed by atoms with E-state index in [0.29, 0.717) is 55.3 Å².